The number of aromatic nitrogens is 2. The second-order valence-corrected chi connectivity index (χ2v) is 7.14. The number of fused-ring (bicyclic) bond motifs is 1. The van der Waals surface area contributed by atoms with Crippen LogP contribution in [0.2, 0.25) is 0 Å². The number of carbonyl (C=O) groups excluding carboxylic acids is 1. The Morgan fingerprint density at radius 3 is 2.96 bits per heavy atom. The van der Waals surface area contributed by atoms with Crippen LogP contribution in [0.4, 0.5) is 0 Å². The summed E-state index contributed by atoms with van der Waals surface area (Å²) in [5.74, 6) is 0.368. The van der Waals surface area contributed by atoms with Gasteiger partial charge in [-0.15, -0.1) is 0 Å². The number of carbonyl (C=O) groups is 1. The van der Waals surface area contributed by atoms with Gasteiger partial charge in [0, 0.05) is 30.9 Å². The zero-order valence-corrected chi connectivity index (χ0v) is 14.3. The molecule has 1 fully saturated rings. The number of likely N-dealkylation sites (tertiary alicyclic amines) is 1. The largest absolute Gasteiger partial charge is 0.345 e. The predicted octanol–water partition coefficient (Wildman–Crippen LogP) is 2.21. The summed E-state index contributed by atoms with van der Waals surface area (Å²) in [6.07, 6.45) is 7.49. The first-order valence-electron chi connectivity index (χ1n) is 9.13. The number of H-pyrrole nitrogens is 1. The molecule has 1 aliphatic heterocycles. The highest BCUT2D eigenvalue weighted by Crippen LogP contribution is 2.26. The molecule has 130 valence electrons. The lowest BCUT2D eigenvalue weighted by atomic mass is 9.94. The van der Waals surface area contributed by atoms with Crippen molar-refractivity contribution in [2.45, 2.75) is 44.4 Å². The number of amides is 1. The van der Waals surface area contributed by atoms with Gasteiger partial charge in [0.1, 0.15) is 0 Å². The molecule has 1 saturated heterocycles. The third-order valence-electron chi connectivity index (χ3n) is 5.43. The van der Waals surface area contributed by atoms with E-state index in [1.165, 1.54) is 24.0 Å². The Morgan fingerprint density at radius 2 is 2.08 bits per heavy atom. The van der Waals surface area contributed by atoms with Gasteiger partial charge in [0.2, 0.25) is 5.91 Å². The van der Waals surface area contributed by atoms with Gasteiger partial charge in [-0.1, -0.05) is 18.2 Å². The molecule has 1 aromatic carbocycles. The van der Waals surface area contributed by atoms with Crippen LogP contribution in [0.1, 0.15) is 47.6 Å². The topological polar surface area (TPSA) is 66.1 Å². The number of aryl methyl sites for hydroxylation is 2. The minimum Gasteiger partial charge on any atom is -0.342 e. The average Bonchev–Trinajstić information content (AvgIpc) is 3.09. The molecule has 2 aromatic rings. The number of rotatable bonds is 3. The maximum absolute atomic E-state index is 12.8. The number of piperidine rings is 1. The lowest BCUT2D eigenvalue weighted by molar-refractivity contribution is -0.131. The Labute approximate surface area is 147 Å². The lowest BCUT2D eigenvalue weighted by Crippen LogP contribution is -2.40. The molecule has 0 radical (unpaired) electrons. The molecule has 5 nitrogen and oxygen atoms in total. The smallest absolute Gasteiger partial charge is 0.342 e. The number of aromatic amines is 1. The normalized spacial score (nSPS) is 19.7. The van der Waals surface area contributed by atoms with Crippen LogP contribution in [0.25, 0.3) is 0 Å². The molecule has 0 bridgehead atoms. The Morgan fingerprint density at radius 1 is 1.20 bits per heavy atom. The molecule has 25 heavy (non-hydrogen) atoms. The first kappa shape index (κ1) is 16.1. The van der Waals surface area contributed by atoms with Gasteiger partial charge in [-0.3, -0.25) is 4.79 Å². The molecular weight excluding hydrogens is 314 g/mol. The van der Waals surface area contributed by atoms with E-state index in [4.69, 9.17) is 0 Å². The van der Waals surface area contributed by atoms with Gasteiger partial charge in [-0.25, -0.2) is 9.78 Å². The molecule has 1 aliphatic carbocycles. The monoisotopic (exact) mass is 337 g/mol. The summed E-state index contributed by atoms with van der Waals surface area (Å²) in [7, 11) is 0. The van der Waals surface area contributed by atoms with Gasteiger partial charge in [0.25, 0.3) is 0 Å². The molecular formula is C20H23N3O2. The first-order valence-corrected chi connectivity index (χ1v) is 9.13. The molecule has 4 rings (SSSR count). The van der Waals surface area contributed by atoms with E-state index in [0.29, 0.717) is 13.0 Å². The lowest BCUT2D eigenvalue weighted by Gasteiger charge is -2.32. The maximum atomic E-state index is 12.8. The highest BCUT2D eigenvalue weighted by atomic mass is 16.2. The Balaban J connectivity index is 1.44. The van der Waals surface area contributed by atoms with E-state index in [9.17, 15) is 9.59 Å². The fourth-order valence-corrected chi connectivity index (χ4v) is 4.10. The van der Waals surface area contributed by atoms with Crippen molar-refractivity contribution < 1.29 is 4.79 Å². The predicted molar refractivity (Wildman–Crippen MR) is 95.6 cm³/mol. The van der Waals surface area contributed by atoms with Crippen LogP contribution in [0.5, 0.6) is 0 Å². The Bertz CT molecular complexity index is 843. The van der Waals surface area contributed by atoms with Crippen LogP contribution >= 0.6 is 0 Å². The van der Waals surface area contributed by atoms with Gasteiger partial charge in [-0.05, 0) is 54.9 Å². The van der Waals surface area contributed by atoms with E-state index >= 15 is 0 Å². The fourth-order valence-electron chi connectivity index (χ4n) is 4.10. The third kappa shape index (κ3) is 3.50. The summed E-state index contributed by atoms with van der Waals surface area (Å²) in [6, 6.07) is 8.35. The van der Waals surface area contributed by atoms with E-state index in [-0.39, 0.29) is 17.5 Å². The molecule has 2 aliphatic rings. The summed E-state index contributed by atoms with van der Waals surface area (Å²) in [5.41, 5.74) is 4.53. The van der Waals surface area contributed by atoms with Gasteiger partial charge >= 0.3 is 5.69 Å². The second kappa shape index (κ2) is 6.82. The molecule has 1 atom stereocenters. The molecule has 0 unspecified atom stereocenters. The van der Waals surface area contributed by atoms with Crippen LogP contribution in [-0.4, -0.2) is 33.9 Å². The van der Waals surface area contributed by atoms with Crippen molar-refractivity contribution in [2.75, 3.05) is 13.1 Å². The highest BCUT2D eigenvalue weighted by molar-refractivity contribution is 5.79. The van der Waals surface area contributed by atoms with Gasteiger partial charge in [0.05, 0.1) is 6.42 Å². The summed E-state index contributed by atoms with van der Waals surface area (Å²) >= 11 is 0. The molecule has 5 heteroatoms. The van der Waals surface area contributed by atoms with Crippen LogP contribution in [0.3, 0.4) is 0 Å². The number of hydrogen-bond donors (Lipinski definition) is 1. The SMILES string of the molecule is O=C(Cc1ccc2c(c1)CCC2)N1CCC[C@@H](c2ccnc(=O)[nH]2)C1. The van der Waals surface area contributed by atoms with Gasteiger partial charge in [-0.2, -0.15) is 0 Å². The molecule has 0 saturated carbocycles. The molecule has 1 amide bonds. The number of nitrogens with one attached hydrogen (secondary N) is 1. The zero-order valence-electron chi connectivity index (χ0n) is 14.3. The summed E-state index contributed by atoms with van der Waals surface area (Å²) in [4.78, 5) is 32.6. The van der Waals surface area contributed by atoms with Crippen LogP contribution in [0.15, 0.2) is 35.3 Å². The number of nitrogens with zero attached hydrogens (tertiary/aromatic N) is 2. The van der Waals surface area contributed by atoms with Gasteiger partial charge in [0.15, 0.2) is 0 Å². The van der Waals surface area contributed by atoms with Crippen LogP contribution < -0.4 is 5.69 Å². The Kier molecular flexibility index (Phi) is 4.38. The van der Waals surface area contributed by atoms with Crippen LogP contribution in [-0.2, 0) is 24.1 Å². The number of hydrogen-bond acceptors (Lipinski definition) is 3. The first-order chi connectivity index (χ1) is 12.2. The van der Waals surface area contributed by atoms with Crippen molar-refractivity contribution in [1.82, 2.24) is 14.9 Å². The third-order valence-corrected chi connectivity index (χ3v) is 5.43. The molecule has 1 N–H and O–H groups in total. The van der Waals surface area contributed by atoms with Crippen molar-refractivity contribution in [3.8, 4) is 0 Å². The second-order valence-electron chi connectivity index (χ2n) is 7.14. The summed E-state index contributed by atoms with van der Waals surface area (Å²) in [5, 5.41) is 0. The highest BCUT2D eigenvalue weighted by Gasteiger charge is 2.25. The fraction of sp³-hybridized carbons (Fsp3) is 0.450. The average molecular weight is 337 g/mol. The molecule has 2 heterocycles. The van der Waals surface area contributed by atoms with Gasteiger partial charge < -0.3 is 9.88 Å². The van der Waals surface area contributed by atoms with E-state index in [0.717, 1.165) is 37.1 Å². The molecule has 0 spiro atoms. The minimum absolute atomic E-state index is 0.180. The van der Waals surface area contributed by atoms with Crippen molar-refractivity contribution in [3.63, 3.8) is 0 Å². The van der Waals surface area contributed by atoms with E-state index in [1.54, 1.807) is 6.20 Å². The quantitative estimate of drug-likeness (QED) is 0.934. The van der Waals surface area contributed by atoms with Crippen molar-refractivity contribution in [1.29, 1.82) is 0 Å². The number of benzene rings is 1. The summed E-state index contributed by atoms with van der Waals surface area (Å²) < 4.78 is 0. The Hall–Kier alpha value is -2.43. The molecule has 1 aromatic heterocycles. The van der Waals surface area contributed by atoms with E-state index in [1.807, 2.05) is 11.0 Å². The van der Waals surface area contributed by atoms with E-state index < -0.39 is 0 Å². The van der Waals surface area contributed by atoms with Crippen molar-refractivity contribution in [2.24, 2.45) is 0 Å². The van der Waals surface area contributed by atoms with Crippen molar-refractivity contribution in [3.05, 3.63) is 63.3 Å². The summed E-state index contributed by atoms with van der Waals surface area (Å²) in [6.45, 7) is 1.47. The zero-order chi connectivity index (χ0) is 17.2. The van der Waals surface area contributed by atoms with Crippen LogP contribution in [0, 0.1) is 0 Å². The minimum atomic E-state index is -0.320. The van der Waals surface area contributed by atoms with Crippen molar-refractivity contribution >= 4 is 5.91 Å². The standard InChI is InChI=1S/C20H23N3O2/c24-19(12-14-6-7-15-3-1-4-16(15)11-14)23-10-2-5-17(13-23)18-8-9-21-20(25)22-18/h6-9,11,17H,1-5,10,12-13H2,(H,21,22,25)/t17-/m1/s1. The van der Waals surface area contributed by atoms with E-state index in [2.05, 4.69) is 28.2 Å². The maximum Gasteiger partial charge on any atom is 0.345 e.